The normalized spacial score (nSPS) is 26.6. The van der Waals surface area contributed by atoms with Crippen LogP contribution in [0, 0.1) is 16.7 Å². The van der Waals surface area contributed by atoms with Gasteiger partial charge in [0, 0.05) is 48.3 Å². The third-order valence-corrected chi connectivity index (χ3v) is 7.49. The molecule has 2 fully saturated rings. The number of carbonyl (C=O) groups is 5. The van der Waals surface area contributed by atoms with Crippen LogP contribution < -0.4 is 10.6 Å². The van der Waals surface area contributed by atoms with E-state index in [0.717, 1.165) is 5.56 Å². The number of hydrogen-bond acceptors (Lipinski definition) is 7. The van der Waals surface area contributed by atoms with Crippen molar-refractivity contribution in [3.63, 3.8) is 0 Å². The molecule has 2 aliphatic heterocycles. The van der Waals surface area contributed by atoms with Crippen LogP contribution in [0.25, 0.3) is 0 Å². The summed E-state index contributed by atoms with van der Waals surface area (Å²) in [6.07, 6.45) is 1.73. The van der Waals surface area contributed by atoms with Gasteiger partial charge in [-0.15, -0.1) is 0 Å². The monoisotopic (exact) mass is 496 g/mol. The molecular formula is C28H24N4O5. The fourth-order valence-electron chi connectivity index (χ4n) is 5.35. The van der Waals surface area contributed by atoms with E-state index in [0.29, 0.717) is 16.8 Å². The minimum Gasteiger partial charge on any atom is -0.361 e. The Morgan fingerprint density at radius 3 is 2.54 bits per heavy atom. The third kappa shape index (κ3) is 4.00. The molecule has 0 radical (unpaired) electrons. The molecule has 2 heterocycles. The summed E-state index contributed by atoms with van der Waals surface area (Å²) in [6.45, 7) is 1.70. The number of carbonyl (C=O) groups excluding carboxylic acids is 5. The van der Waals surface area contributed by atoms with E-state index in [9.17, 15) is 29.2 Å². The molecule has 1 saturated carbocycles. The van der Waals surface area contributed by atoms with E-state index in [1.54, 1.807) is 25.1 Å². The zero-order chi connectivity index (χ0) is 26.3. The summed E-state index contributed by atoms with van der Waals surface area (Å²) in [6, 6.07) is 15.5. The highest BCUT2D eigenvalue weighted by Crippen LogP contribution is 2.45. The van der Waals surface area contributed by atoms with Crippen LogP contribution in [-0.4, -0.2) is 40.2 Å². The number of anilines is 1. The molecule has 3 unspecified atom stereocenters. The van der Waals surface area contributed by atoms with E-state index in [1.807, 2.05) is 30.3 Å². The standard InChI is InChI=1S/C28H24N4O5/c1-28(15-29)20(16-6-3-2-4-7-16)12-23(33)18(25(28)35)13-30-21-9-5-8-17-19(21)14-32(27(17)37)22-10-11-24(34)31-26(22)36/h2-9,13,20,22,30H,10-12,14H2,1H3,(H,31,34,36)/b18-13+. The summed E-state index contributed by atoms with van der Waals surface area (Å²) in [5.74, 6) is -2.67. The quantitative estimate of drug-likeness (QED) is 0.377. The van der Waals surface area contributed by atoms with Gasteiger partial charge < -0.3 is 10.2 Å². The van der Waals surface area contributed by atoms with Crippen molar-refractivity contribution in [3.8, 4) is 6.07 Å². The number of Topliss-reactive ketones (excluding diaryl/α,β-unsaturated/α-hetero) is 2. The molecule has 9 nitrogen and oxygen atoms in total. The predicted octanol–water partition coefficient (Wildman–Crippen LogP) is 2.60. The first-order valence-electron chi connectivity index (χ1n) is 12.0. The lowest BCUT2D eigenvalue weighted by Gasteiger charge is -2.35. The van der Waals surface area contributed by atoms with Crippen molar-refractivity contribution in [2.24, 2.45) is 5.41 Å². The Hall–Kier alpha value is -4.58. The first-order chi connectivity index (χ1) is 17.7. The van der Waals surface area contributed by atoms with Crippen molar-refractivity contribution in [2.45, 2.75) is 44.7 Å². The number of benzene rings is 2. The molecule has 9 heteroatoms. The van der Waals surface area contributed by atoms with Crippen LogP contribution in [0.2, 0.25) is 0 Å². The molecule has 1 aliphatic carbocycles. The fourth-order valence-corrected chi connectivity index (χ4v) is 5.35. The van der Waals surface area contributed by atoms with Crippen LogP contribution in [-0.2, 0) is 25.7 Å². The van der Waals surface area contributed by atoms with Crippen molar-refractivity contribution < 1.29 is 24.0 Å². The number of nitrogens with zero attached hydrogens (tertiary/aromatic N) is 2. The number of piperidine rings is 1. The zero-order valence-corrected chi connectivity index (χ0v) is 20.1. The van der Waals surface area contributed by atoms with Crippen molar-refractivity contribution >= 4 is 35.0 Å². The van der Waals surface area contributed by atoms with E-state index in [-0.39, 0.29) is 49.0 Å². The van der Waals surface area contributed by atoms with Crippen molar-refractivity contribution in [2.75, 3.05) is 5.32 Å². The molecule has 2 aromatic rings. The Morgan fingerprint density at radius 2 is 1.84 bits per heavy atom. The smallest absolute Gasteiger partial charge is 0.255 e. The first-order valence-corrected chi connectivity index (χ1v) is 12.0. The lowest BCUT2D eigenvalue weighted by atomic mass is 9.63. The lowest BCUT2D eigenvalue weighted by Crippen LogP contribution is -2.52. The van der Waals surface area contributed by atoms with Crippen LogP contribution in [0.1, 0.15) is 53.6 Å². The van der Waals surface area contributed by atoms with Gasteiger partial charge in [-0.3, -0.25) is 29.3 Å². The zero-order valence-electron chi connectivity index (χ0n) is 20.1. The van der Waals surface area contributed by atoms with Gasteiger partial charge in [-0.2, -0.15) is 5.26 Å². The second-order valence-electron chi connectivity index (χ2n) is 9.67. The summed E-state index contributed by atoms with van der Waals surface area (Å²) < 4.78 is 0. The molecule has 3 amide bonds. The molecule has 1 saturated heterocycles. The number of ketones is 2. The van der Waals surface area contributed by atoms with Crippen LogP contribution >= 0.6 is 0 Å². The van der Waals surface area contributed by atoms with E-state index >= 15 is 0 Å². The summed E-state index contributed by atoms with van der Waals surface area (Å²) >= 11 is 0. The maximum absolute atomic E-state index is 13.4. The van der Waals surface area contributed by atoms with Crippen LogP contribution in [0.5, 0.6) is 0 Å². The molecule has 5 rings (SSSR count). The molecule has 0 aromatic heterocycles. The second kappa shape index (κ2) is 9.13. The van der Waals surface area contributed by atoms with Crippen molar-refractivity contribution in [1.29, 1.82) is 5.26 Å². The highest BCUT2D eigenvalue weighted by atomic mass is 16.2. The Morgan fingerprint density at radius 1 is 1.08 bits per heavy atom. The van der Waals surface area contributed by atoms with Gasteiger partial charge in [0.15, 0.2) is 11.6 Å². The highest BCUT2D eigenvalue weighted by molar-refractivity contribution is 6.25. The maximum Gasteiger partial charge on any atom is 0.255 e. The first kappa shape index (κ1) is 24.1. The molecular weight excluding hydrogens is 472 g/mol. The number of fused-ring (bicyclic) bond motifs is 1. The van der Waals surface area contributed by atoms with E-state index in [2.05, 4.69) is 16.7 Å². The summed E-state index contributed by atoms with van der Waals surface area (Å²) in [5, 5.41) is 15.2. The van der Waals surface area contributed by atoms with E-state index in [1.165, 1.54) is 11.1 Å². The number of imide groups is 1. The number of hydrogen-bond donors (Lipinski definition) is 2. The average molecular weight is 497 g/mol. The number of rotatable bonds is 4. The molecule has 0 bridgehead atoms. The van der Waals surface area contributed by atoms with Crippen LogP contribution in [0.3, 0.4) is 0 Å². The summed E-state index contributed by atoms with van der Waals surface area (Å²) in [4.78, 5) is 64.8. The number of amides is 3. The average Bonchev–Trinajstić information content (AvgIpc) is 3.23. The summed E-state index contributed by atoms with van der Waals surface area (Å²) in [7, 11) is 0. The molecule has 3 aliphatic rings. The minimum absolute atomic E-state index is 0.0159. The maximum atomic E-state index is 13.4. The van der Waals surface area contributed by atoms with E-state index in [4.69, 9.17) is 0 Å². The van der Waals surface area contributed by atoms with Gasteiger partial charge in [0.05, 0.1) is 11.6 Å². The fraction of sp³-hybridized carbons (Fsp3) is 0.286. The van der Waals surface area contributed by atoms with Gasteiger partial charge in [0.1, 0.15) is 11.5 Å². The predicted molar refractivity (Wildman–Crippen MR) is 132 cm³/mol. The minimum atomic E-state index is -1.42. The Kier molecular flexibility index (Phi) is 5.96. The molecule has 0 spiro atoms. The number of nitrogens with one attached hydrogen (secondary N) is 2. The molecule has 2 N–H and O–H groups in total. The lowest BCUT2D eigenvalue weighted by molar-refractivity contribution is -0.137. The van der Waals surface area contributed by atoms with Gasteiger partial charge in [-0.05, 0) is 31.0 Å². The Labute approximate surface area is 213 Å². The molecule has 2 aromatic carbocycles. The highest BCUT2D eigenvalue weighted by Gasteiger charge is 2.50. The Balaban J connectivity index is 1.41. The second-order valence-corrected chi connectivity index (χ2v) is 9.67. The topological polar surface area (TPSA) is 136 Å². The van der Waals surface area contributed by atoms with Gasteiger partial charge in [0.2, 0.25) is 11.8 Å². The largest absolute Gasteiger partial charge is 0.361 e. The molecule has 37 heavy (non-hydrogen) atoms. The van der Waals surface area contributed by atoms with Gasteiger partial charge in [-0.25, -0.2) is 0 Å². The molecule has 3 atom stereocenters. The van der Waals surface area contributed by atoms with Crippen molar-refractivity contribution in [3.05, 3.63) is 77.0 Å². The SMILES string of the molecule is CC1(C#N)C(=O)/C(=C/Nc2cccc3c2CN(C2CCC(=O)NC2=O)C3=O)C(=O)CC1c1ccccc1. The van der Waals surface area contributed by atoms with Gasteiger partial charge >= 0.3 is 0 Å². The third-order valence-electron chi connectivity index (χ3n) is 7.49. The molecule has 186 valence electrons. The van der Waals surface area contributed by atoms with Crippen LogP contribution in [0.4, 0.5) is 5.69 Å². The van der Waals surface area contributed by atoms with Gasteiger partial charge in [0.25, 0.3) is 5.91 Å². The van der Waals surface area contributed by atoms with Crippen molar-refractivity contribution in [1.82, 2.24) is 10.2 Å². The van der Waals surface area contributed by atoms with E-state index < -0.39 is 29.1 Å². The Bertz CT molecular complexity index is 1420. The number of allylic oxidation sites excluding steroid dienone is 1. The van der Waals surface area contributed by atoms with Crippen LogP contribution in [0.15, 0.2) is 60.3 Å². The number of nitriles is 1. The summed E-state index contributed by atoms with van der Waals surface area (Å²) in [5.41, 5.74) is 0.779. The van der Waals surface area contributed by atoms with Gasteiger partial charge in [-0.1, -0.05) is 36.4 Å².